The summed E-state index contributed by atoms with van der Waals surface area (Å²) >= 11 is 0. The molecule has 8 heteroatoms. The van der Waals surface area contributed by atoms with Crippen LogP contribution in [-0.4, -0.2) is 63.4 Å². The Kier molecular flexibility index (Phi) is 7.82. The molecule has 1 saturated heterocycles. The summed E-state index contributed by atoms with van der Waals surface area (Å²) in [5.41, 5.74) is 4.19. The first-order valence-corrected chi connectivity index (χ1v) is 11.7. The van der Waals surface area contributed by atoms with Gasteiger partial charge in [-0.1, -0.05) is 48.5 Å². The lowest BCUT2D eigenvalue weighted by atomic mass is 9.95. The molecule has 2 aromatic rings. The van der Waals surface area contributed by atoms with Gasteiger partial charge in [-0.15, -0.1) is 0 Å². The number of morpholine rings is 1. The fourth-order valence-corrected chi connectivity index (χ4v) is 4.46. The summed E-state index contributed by atoms with van der Waals surface area (Å²) in [7, 11) is 1.98. The van der Waals surface area contributed by atoms with E-state index in [0.717, 1.165) is 31.9 Å². The van der Waals surface area contributed by atoms with Gasteiger partial charge in [-0.2, -0.15) is 0 Å². The third-order valence-corrected chi connectivity index (χ3v) is 5.99. The minimum absolute atomic E-state index is 0.258. The molecule has 180 valence electrons. The SMILES string of the molecule is CCOC(=O)C1=C(CN(C)Cc2ccccc2N2CCOCC2)NC(=O)NC1c1ccccc1. The van der Waals surface area contributed by atoms with E-state index >= 15 is 0 Å². The quantitative estimate of drug-likeness (QED) is 0.585. The van der Waals surface area contributed by atoms with Crippen molar-refractivity contribution in [1.82, 2.24) is 15.5 Å². The topological polar surface area (TPSA) is 83.1 Å². The molecule has 4 rings (SSSR count). The number of carbonyl (C=O) groups is 2. The molecule has 1 unspecified atom stereocenters. The maximum atomic E-state index is 13.0. The molecular formula is C26H32N4O4. The van der Waals surface area contributed by atoms with Crippen molar-refractivity contribution in [2.45, 2.75) is 19.5 Å². The number of urea groups is 1. The molecule has 0 spiro atoms. The Morgan fingerprint density at radius 1 is 1.09 bits per heavy atom. The Labute approximate surface area is 200 Å². The van der Waals surface area contributed by atoms with Gasteiger partial charge in [0.15, 0.2) is 0 Å². The van der Waals surface area contributed by atoms with Crippen LogP contribution in [0.1, 0.15) is 24.1 Å². The number of para-hydroxylation sites is 1. The fourth-order valence-electron chi connectivity index (χ4n) is 4.46. The van der Waals surface area contributed by atoms with Crippen LogP contribution in [0.4, 0.5) is 10.5 Å². The first kappa shape index (κ1) is 23.8. The number of benzene rings is 2. The van der Waals surface area contributed by atoms with Crippen LogP contribution in [0.15, 0.2) is 65.9 Å². The van der Waals surface area contributed by atoms with Crippen LogP contribution in [0.3, 0.4) is 0 Å². The van der Waals surface area contributed by atoms with Gasteiger partial charge in [0.2, 0.25) is 0 Å². The molecule has 2 amide bonds. The maximum absolute atomic E-state index is 13.0. The highest BCUT2D eigenvalue weighted by atomic mass is 16.5. The van der Waals surface area contributed by atoms with Gasteiger partial charge in [0.1, 0.15) is 0 Å². The number of amides is 2. The van der Waals surface area contributed by atoms with Crippen molar-refractivity contribution < 1.29 is 19.1 Å². The van der Waals surface area contributed by atoms with Gasteiger partial charge in [-0.3, -0.25) is 4.90 Å². The van der Waals surface area contributed by atoms with Crippen LogP contribution in [0, 0.1) is 0 Å². The number of ether oxygens (including phenoxy) is 2. The summed E-state index contributed by atoms with van der Waals surface area (Å²) in [6.45, 7) is 6.25. The van der Waals surface area contributed by atoms with Crippen LogP contribution < -0.4 is 15.5 Å². The number of esters is 1. The van der Waals surface area contributed by atoms with Crippen molar-refractivity contribution in [3.05, 3.63) is 77.0 Å². The summed E-state index contributed by atoms with van der Waals surface area (Å²) in [4.78, 5) is 30.0. The Balaban J connectivity index is 1.60. The molecule has 0 bridgehead atoms. The zero-order chi connectivity index (χ0) is 23.9. The molecule has 2 heterocycles. The smallest absolute Gasteiger partial charge is 0.338 e. The van der Waals surface area contributed by atoms with E-state index in [1.807, 2.05) is 49.5 Å². The van der Waals surface area contributed by atoms with Crippen molar-refractivity contribution >= 4 is 17.7 Å². The minimum Gasteiger partial charge on any atom is -0.463 e. The van der Waals surface area contributed by atoms with Gasteiger partial charge >= 0.3 is 12.0 Å². The maximum Gasteiger partial charge on any atom is 0.338 e. The first-order chi connectivity index (χ1) is 16.6. The highest BCUT2D eigenvalue weighted by molar-refractivity contribution is 5.95. The van der Waals surface area contributed by atoms with E-state index in [-0.39, 0.29) is 12.6 Å². The summed E-state index contributed by atoms with van der Waals surface area (Å²) in [5, 5.41) is 5.74. The highest BCUT2D eigenvalue weighted by Crippen LogP contribution is 2.29. The zero-order valence-electron chi connectivity index (χ0n) is 19.8. The Hall–Kier alpha value is -3.36. The van der Waals surface area contributed by atoms with Crippen LogP contribution in [-0.2, 0) is 20.8 Å². The molecule has 2 N–H and O–H groups in total. The largest absolute Gasteiger partial charge is 0.463 e. The number of anilines is 1. The Morgan fingerprint density at radius 3 is 2.53 bits per heavy atom. The van der Waals surface area contributed by atoms with Crippen LogP contribution in [0.25, 0.3) is 0 Å². The van der Waals surface area contributed by atoms with E-state index < -0.39 is 12.0 Å². The molecule has 34 heavy (non-hydrogen) atoms. The molecular weight excluding hydrogens is 432 g/mol. The molecule has 0 radical (unpaired) electrons. The number of carbonyl (C=O) groups excluding carboxylic acids is 2. The van der Waals surface area contributed by atoms with E-state index in [0.29, 0.717) is 24.4 Å². The highest BCUT2D eigenvalue weighted by Gasteiger charge is 2.34. The standard InChI is InChI=1S/C26H32N4O4/c1-3-34-25(31)23-21(27-26(32)28-24(23)19-9-5-4-6-10-19)18-29(2)17-20-11-7-8-12-22(20)30-13-15-33-16-14-30/h4-12,24H,3,13-18H2,1-2H3,(H2,27,28,32). The first-order valence-electron chi connectivity index (χ1n) is 11.7. The number of likely N-dealkylation sites (N-methyl/N-ethyl adjacent to an activating group) is 1. The molecule has 2 aromatic carbocycles. The van der Waals surface area contributed by atoms with E-state index in [1.54, 1.807) is 6.92 Å². The Bertz CT molecular complexity index is 1030. The van der Waals surface area contributed by atoms with Crippen molar-refractivity contribution in [2.24, 2.45) is 0 Å². The molecule has 8 nitrogen and oxygen atoms in total. The lowest BCUT2D eigenvalue weighted by Crippen LogP contribution is -2.48. The monoisotopic (exact) mass is 464 g/mol. The van der Waals surface area contributed by atoms with Gasteiger partial charge in [0.25, 0.3) is 0 Å². The fraction of sp³-hybridized carbons (Fsp3) is 0.385. The second kappa shape index (κ2) is 11.2. The van der Waals surface area contributed by atoms with E-state index in [2.05, 4.69) is 32.6 Å². The predicted molar refractivity (Wildman–Crippen MR) is 130 cm³/mol. The van der Waals surface area contributed by atoms with Gasteiger partial charge in [-0.25, -0.2) is 9.59 Å². The van der Waals surface area contributed by atoms with Crippen molar-refractivity contribution in [1.29, 1.82) is 0 Å². The third kappa shape index (κ3) is 5.58. The van der Waals surface area contributed by atoms with Gasteiger partial charge in [-0.05, 0) is 31.2 Å². The normalized spacial score (nSPS) is 18.5. The molecule has 0 saturated carbocycles. The average molecular weight is 465 g/mol. The summed E-state index contributed by atoms with van der Waals surface area (Å²) in [6, 6.07) is 16.9. The molecule has 1 atom stereocenters. The number of hydrogen-bond acceptors (Lipinski definition) is 6. The second-order valence-electron chi connectivity index (χ2n) is 8.46. The summed E-state index contributed by atoms with van der Waals surface area (Å²) in [5.74, 6) is -0.430. The average Bonchev–Trinajstić information content (AvgIpc) is 2.85. The van der Waals surface area contributed by atoms with Gasteiger partial charge in [0.05, 0.1) is 31.4 Å². The van der Waals surface area contributed by atoms with Crippen LogP contribution in [0.2, 0.25) is 0 Å². The zero-order valence-corrected chi connectivity index (χ0v) is 19.8. The van der Waals surface area contributed by atoms with E-state index in [4.69, 9.17) is 9.47 Å². The Morgan fingerprint density at radius 2 is 1.79 bits per heavy atom. The van der Waals surface area contributed by atoms with E-state index in [1.165, 1.54) is 11.3 Å². The molecule has 2 aliphatic rings. The van der Waals surface area contributed by atoms with Gasteiger partial charge in [0, 0.05) is 37.6 Å². The number of nitrogens with zero attached hydrogens (tertiary/aromatic N) is 2. The molecule has 2 aliphatic heterocycles. The number of hydrogen-bond donors (Lipinski definition) is 2. The van der Waals surface area contributed by atoms with Gasteiger partial charge < -0.3 is 25.0 Å². The predicted octanol–water partition coefficient (Wildman–Crippen LogP) is 2.83. The van der Waals surface area contributed by atoms with Crippen LogP contribution >= 0.6 is 0 Å². The number of nitrogens with one attached hydrogen (secondary N) is 2. The van der Waals surface area contributed by atoms with Crippen molar-refractivity contribution in [3.8, 4) is 0 Å². The molecule has 1 fully saturated rings. The van der Waals surface area contributed by atoms with Crippen LogP contribution in [0.5, 0.6) is 0 Å². The lowest BCUT2D eigenvalue weighted by Gasteiger charge is -2.33. The van der Waals surface area contributed by atoms with E-state index in [9.17, 15) is 9.59 Å². The third-order valence-electron chi connectivity index (χ3n) is 5.99. The number of rotatable bonds is 8. The lowest BCUT2D eigenvalue weighted by molar-refractivity contribution is -0.139. The molecule has 0 aromatic heterocycles. The molecule has 0 aliphatic carbocycles. The second-order valence-corrected chi connectivity index (χ2v) is 8.46. The van der Waals surface area contributed by atoms with Crippen molar-refractivity contribution in [3.63, 3.8) is 0 Å². The summed E-state index contributed by atoms with van der Waals surface area (Å²) in [6.07, 6.45) is 0. The summed E-state index contributed by atoms with van der Waals surface area (Å²) < 4.78 is 10.9. The van der Waals surface area contributed by atoms with Crippen molar-refractivity contribution in [2.75, 3.05) is 51.4 Å². The minimum atomic E-state index is -0.571.